The smallest absolute Gasteiger partial charge is 0.154 e. The minimum absolute atomic E-state index is 0.458. The number of nitrogen functional groups attached to an aromatic ring is 1. The Morgan fingerprint density at radius 2 is 2.06 bits per heavy atom. The normalized spacial score (nSPS) is 10.1. The van der Waals surface area contributed by atoms with Crippen molar-refractivity contribution in [3.8, 4) is 17.2 Å². The second kappa shape index (κ2) is 5.60. The molecule has 2 N–H and O–H groups in total. The van der Waals surface area contributed by atoms with Crippen molar-refractivity contribution in [3.05, 3.63) is 41.7 Å². The minimum atomic E-state index is 0.458. The van der Waals surface area contributed by atoms with Gasteiger partial charge < -0.3 is 15.2 Å². The van der Waals surface area contributed by atoms with Crippen molar-refractivity contribution >= 4 is 17.3 Å². The highest BCUT2D eigenvalue weighted by atomic mass is 35.5. The Morgan fingerprint density at radius 1 is 1.28 bits per heavy atom. The maximum absolute atomic E-state index is 5.95. The van der Waals surface area contributed by atoms with E-state index in [2.05, 4.69) is 4.98 Å². The van der Waals surface area contributed by atoms with Crippen LogP contribution in [0.1, 0.15) is 6.92 Å². The van der Waals surface area contributed by atoms with Crippen LogP contribution in [-0.2, 0) is 0 Å². The molecule has 0 saturated heterocycles. The molecule has 0 atom stereocenters. The van der Waals surface area contributed by atoms with Gasteiger partial charge in [0.15, 0.2) is 5.75 Å². The maximum atomic E-state index is 5.95. The average Bonchev–Trinajstić information content (AvgIpc) is 2.35. The molecule has 2 aromatic rings. The maximum Gasteiger partial charge on any atom is 0.154 e. The van der Waals surface area contributed by atoms with Crippen molar-refractivity contribution in [1.29, 1.82) is 0 Å². The lowest BCUT2D eigenvalue weighted by Crippen LogP contribution is -1.99. The van der Waals surface area contributed by atoms with Gasteiger partial charge in [-0.3, -0.25) is 4.98 Å². The molecule has 4 nitrogen and oxygen atoms in total. The molecule has 94 valence electrons. The van der Waals surface area contributed by atoms with Crippen LogP contribution >= 0.6 is 11.6 Å². The highest BCUT2D eigenvalue weighted by Crippen LogP contribution is 2.34. The average molecular weight is 265 g/mol. The predicted octanol–water partition coefficient (Wildman–Crippen LogP) is 3.51. The van der Waals surface area contributed by atoms with E-state index in [1.807, 2.05) is 13.0 Å². The van der Waals surface area contributed by atoms with E-state index in [0.29, 0.717) is 34.6 Å². The first-order chi connectivity index (χ1) is 8.70. The van der Waals surface area contributed by atoms with E-state index in [4.69, 9.17) is 26.8 Å². The van der Waals surface area contributed by atoms with Gasteiger partial charge in [-0.2, -0.15) is 0 Å². The minimum Gasteiger partial charge on any atom is -0.492 e. The van der Waals surface area contributed by atoms with E-state index in [-0.39, 0.29) is 0 Å². The third kappa shape index (κ3) is 2.84. The molecule has 0 fully saturated rings. The quantitative estimate of drug-likeness (QED) is 0.859. The van der Waals surface area contributed by atoms with E-state index < -0.39 is 0 Å². The van der Waals surface area contributed by atoms with Gasteiger partial charge in [-0.25, -0.2) is 0 Å². The van der Waals surface area contributed by atoms with E-state index in [0.717, 1.165) is 0 Å². The van der Waals surface area contributed by atoms with Crippen LogP contribution in [0.2, 0.25) is 5.02 Å². The molecular formula is C13H13ClN2O2. The Balaban J connectivity index is 2.26. The molecule has 0 spiro atoms. The number of anilines is 1. The summed E-state index contributed by atoms with van der Waals surface area (Å²) in [6.07, 6.45) is 3.10. The summed E-state index contributed by atoms with van der Waals surface area (Å²) in [7, 11) is 0. The molecule has 5 heteroatoms. The molecule has 0 amide bonds. The number of halogens is 1. The van der Waals surface area contributed by atoms with E-state index in [1.54, 1.807) is 24.4 Å². The Labute approximate surface area is 110 Å². The summed E-state index contributed by atoms with van der Waals surface area (Å²) in [6, 6.07) is 7.04. The van der Waals surface area contributed by atoms with E-state index in [1.165, 1.54) is 6.20 Å². The van der Waals surface area contributed by atoms with Crippen molar-refractivity contribution in [3.63, 3.8) is 0 Å². The molecule has 2 rings (SSSR count). The van der Waals surface area contributed by atoms with Gasteiger partial charge in [-0.05, 0) is 19.1 Å². The van der Waals surface area contributed by atoms with Crippen LogP contribution in [-0.4, -0.2) is 11.6 Å². The zero-order valence-corrected chi connectivity index (χ0v) is 10.6. The van der Waals surface area contributed by atoms with Crippen LogP contribution < -0.4 is 15.2 Å². The van der Waals surface area contributed by atoms with Crippen LogP contribution in [0.25, 0.3) is 0 Å². The number of aromatic nitrogens is 1. The summed E-state index contributed by atoms with van der Waals surface area (Å²) in [6.45, 7) is 2.44. The summed E-state index contributed by atoms with van der Waals surface area (Å²) in [5, 5.41) is 0.507. The molecule has 0 aliphatic rings. The molecule has 0 aliphatic carbocycles. The molecule has 0 aliphatic heterocycles. The topological polar surface area (TPSA) is 57.4 Å². The van der Waals surface area contributed by atoms with Crippen LogP contribution in [0.3, 0.4) is 0 Å². The highest BCUT2D eigenvalue weighted by molar-refractivity contribution is 6.30. The lowest BCUT2D eigenvalue weighted by Gasteiger charge is -2.12. The van der Waals surface area contributed by atoms with Crippen LogP contribution in [0.5, 0.6) is 17.2 Å². The standard InChI is InChI=1S/C13H13ClN2O2/c1-2-17-11-4-3-5-12(13(11)15)18-10-6-9(14)7-16-8-10/h3-8H,2,15H2,1H3. The first-order valence-electron chi connectivity index (χ1n) is 5.50. The molecule has 0 saturated carbocycles. The number of nitrogens with two attached hydrogens (primary N) is 1. The lowest BCUT2D eigenvalue weighted by atomic mass is 10.2. The number of rotatable bonds is 4. The summed E-state index contributed by atoms with van der Waals surface area (Å²) >= 11 is 5.83. The van der Waals surface area contributed by atoms with Gasteiger partial charge in [0.1, 0.15) is 17.2 Å². The summed E-state index contributed by atoms with van der Waals surface area (Å²) in [5.41, 5.74) is 6.41. The molecule has 1 aromatic heterocycles. The highest BCUT2D eigenvalue weighted by Gasteiger charge is 2.08. The van der Waals surface area contributed by atoms with E-state index in [9.17, 15) is 0 Å². The number of benzene rings is 1. The van der Waals surface area contributed by atoms with Gasteiger partial charge in [0.25, 0.3) is 0 Å². The van der Waals surface area contributed by atoms with Gasteiger partial charge in [0, 0.05) is 12.3 Å². The second-order valence-electron chi connectivity index (χ2n) is 3.54. The number of hydrogen-bond donors (Lipinski definition) is 1. The zero-order valence-electron chi connectivity index (χ0n) is 9.89. The van der Waals surface area contributed by atoms with Gasteiger partial charge in [0.2, 0.25) is 0 Å². The molecule has 1 aromatic carbocycles. The Kier molecular flexibility index (Phi) is 3.89. The molecule has 0 bridgehead atoms. The van der Waals surface area contributed by atoms with Gasteiger partial charge in [-0.1, -0.05) is 17.7 Å². The van der Waals surface area contributed by atoms with Crippen molar-refractivity contribution in [2.24, 2.45) is 0 Å². The lowest BCUT2D eigenvalue weighted by molar-refractivity contribution is 0.340. The molecule has 0 unspecified atom stereocenters. The summed E-state index contributed by atoms with van der Waals surface area (Å²) in [4.78, 5) is 3.94. The fourth-order valence-electron chi connectivity index (χ4n) is 1.47. The first kappa shape index (κ1) is 12.5. The number of pyridine rings is 1. The fourth-order valence-corrected chi connectivity index (χ4v) is 1.63. The van der Waals surface area contributed by atoms with Crippen molar-refractivity contribution in [1.82, 2.24) is 4.98 Å². The van der Waals surface area contributed by atoms with Crippen molar-refractivity contribution in [2.45, 2.75) is 6.92 Å². The first-order valence-corrected chi connectivity index (χ1v) is 5.88. The Hall–Kier alpha value is -1.94. The van der Waals surface area contributed by atoms with Gasteiger partial charge in [-0.15, -0.1) is 0 Å². The van der Waals surface area contributed by atoms with Crippen LogP contribution in [0, 0.1) is 0 Å². The molecule has 18 heavy (non-hydrogen) atoms. The monoisotopic (exact) mass is 264 g/mol. The molecule has 1 heterocycles. The number of ether oxygens (including phenoxy) is 2. The van der Waals surface area contributed by atoms with Crippen molar-refractivity contribution in [2.75, 3.05) is 12.3 Å². The third-order valence-corrected chi connectivity index (χ3v) is 2.44. The van der Waals surface area contributed by atoms with Crippen molar-refractivity contribution < 1.29 is 9.47 Å². The largest absolute Gasteiger partial charge is 0.492 e. The van der Waals surface area contributed by atoms with Crippen LogP contribution in [0.4, 0.5) is 5.69 Å². The van der Waals surface area contributed by atoms with Gasteiger partial charge >= 0.3 is 0 Å². The Bertz CT molecular complexity index is 546. The summed E-state index contributed by atoms with van der Waals surface area (Å²) < 4.78 is 11.0. The van der Waals surface area contributed by atoms with Gasteiger partial charge in [0.05, 0.1) is 17.8 Å². The number of nitrogens with zero attached hydrogens (tertiary/aromatic N) is 1. The predicted molar refractivity (Wildman–Crippen MR) is 71.3 cm³/mol. The fraction of sp³-hybridized carbons (Fsp3) is 0.154. The molecule has 0 radical (unpaired) electrons. The SMILES string of the molecule is CCOc1cccc(Oc2cncc(Cl)c2)c1N. The number of hydrogen-bond acceptors (Lipinski definition) is 4. The molecular weight excluding hydrogens is 252 g/mol. The Morgan fingerprint density at radius 3 is 2.78 bits per heavy atom. The van der Waals surface area contributed by atoms with Crippen LogP contribution in [0.15, 0.2) is 36.7 Å². The summed E-state index contributed by atoms with van der Waals surface area (Å²) in [5.74, 6) is 1.65. The second-order valence-corrected chi connectivity index (χ2v) is 3.98. The number of para-hydroxylation sites is 1. The van der Waals surface area contributed by atoms with E-state index >= 15 is 0 Å². The third-order valence-electron chi connectivity index (χ3n) is 2.23. The zero-order chi connectivity index (χ0) is 13.0.